The summed E-state index contributed by atoms with van der Waals surface area (Å²) >= 11 is 0. The second kappa shape index (κ2) is 4.23. The Morgan fingerprint density at radius 1 is 1.19 bits per heavy atom. The van der Waals surface area contributed by atoms with Gasteiger partial charge in [0.25, 0.3) is 0 Å². The van der Waals surface area contributed by atoms with Gasteiger partial charge in [0.1, 0.15) is 0 Å². The van der Waals surface area contributed by atoms with E-state index in [1.807, 2.05) is 60.1 Å². The fraction of sp³-hybridized carbons (Fsp3) is 0.154. The van der Waals surface area contributed by atoms with Gasteiger partial charge in [-0.2, -0.15) is 0 Å². The van der Waals surface area contributed by atoms with Crippen molar-refractivity contribution in [3.8, 4) is 5.69 Å². The molecular formula is C13H14N2O. The lowest BCUT2D eigenvalue weighted by Gasteiger charge is -2.14. The van der Waals surface area contributed by atoms with Crippen LogP contribution in [0.1, 0.15) is 10.5 Å². The molecule has 0 radical (unpaired) electrons. The van der Waals surface area contributed by atoms with Gasteiger partial charge >= 0.3 is 0 Å². The number of aromatic nitrogens is 1. The van der Waals surface area contributed by atoms with Crippen LogP contribution < -0.4 is 4.90 Å². The predicted octanol–water partition coefficient (Wildman–Crippen LogP) is 2.36. The van der Waals surface area contributed by atoms with Crippen LogP contribution in [0.15, 0.2) is 42.6 Å². The number of aldehydes is 1. The van der Waals surface area contributed by atoms with E-state index in [1.165, 1.54) is 0 Å². The summed E-state index contributed by atoms with van der Waals surface area (Å²) in [5.41, 5.74) is 2.78. The maximum absolute atomic E-state index is 10.8. The number of anilines is 1. The Kier molecular flexibility index (Phi) is 2.77. The van der Waals surface area contributed by atoms with E-state index in [9.17, 15) is 4.79 Å². The van der Waals surface area contributed by atoms with Gasteiger partial charge in [-0.3, -0.25) is 4.79 Å². The third kappa shape index (κ3) is 1.84. The summed E-state index contributed by atoms with van der Waals surface area (Å²) in [4.78, 5) is 12.9. The summed E-state index contributed by atoms with van der Waals surface area (Å²) in [6, 6.07) is 11.7. The minimum absolute atomic E-state index is 0.663. The Morgan fingerprint density at radius 3 is 2.69 bits per heavy atom. The second-order valence-electron chi connectivity index (χ2n) is 3.84. The molecule has 0 aliphatic heterocycles. The van der Waals surface area contributed by atoms with Gasteiger partial charge in [0, 0.05) is 31.7 Å². The molecule has 1 aromatic heterocycles. The largest absolute Gasteiger partial charge is 0.378 e. The minimum atomic E-state index is 0.663. The first-order chi connectivity index (χ1) is 7.72. The molecule has 2 aromatic rings. The summed E-state index contributed by atoms with van der Waals surface area (Å²) in [5.74, 6) is 0. The molecule has 0 aliphatic rings. The van der Waals surface area contributed by atoms with Crippen molar-refractivity contribution in [2.24, 2.45) is 0 Å². The van der Waals surface area contributed by atoms with Crippen LogP contribution in [0.3, 0.4) is 0 Å². The zero-order valence-corrected chi connectivity index (χ0v) is 9.42. The molecule has 82 valence electrons. The fourth-order valence-corrected chi connectivity index (χ4v) is 1.65. The van der Waals surface area contributed by atoms with Crippen LogP contribution >= 0.6 is 0 Å². The van der Waals surface area contributed by atoms with Crippen LogP contribution in [0, 0.1) is 0 Å². The van der Waals surface area contributed by atoms with Crippen molar-refractivity contribution in [1.82, 2.24) is 4.57 Å². The molecule has 0 amide bonds. The minimum Gasteiger partial charge on any atom is -0.378 e. The number of nitrogens with zero attached hydrogens (tertiary/aromatic N) is 2. The van der Waals surface area contributed by atoms with Gasteiger partial charge in [-0.25, -0.2) is 0 Å². The van der Waals surface area contributed by atoms with Gasteiger partial charge in [0.15, 0.2) is 6.29 Å². The number of carbonyl (C=O) groups excluding carboxylic acids is 1. The summed E-state index contributed by atoms with van der Waals surface area (Å²) in [5, 5.41) is 0. The molecule has 0 unspecified atom stereocenters. The first-order valence-electron chi connectivity index (χ1n) is 5.12. The van der Waals surface area contributed by atoms with Crippen LogP contribution in [0.2, 0.25) is 0 Å². The van der Waals surface area contributed by atoms with Crippen molar-refractivity contribution in [1.29, 1.82) is 0 Å². The number of benzene rings is 1. The topological polar surface area (TPSA) is 25.2 Å². The number of carbonyl (C=O) groups is 1. The molecule has 0 fully saturated rings. The molecule has 0 aliphatic carbocycles. The first-order valence-corrected chi connectivity index (χ1v) is 5.12. The van der Waals surface area contributed by atoms with E-state index in [0.29, 0.717) is 5.69 Å². The van der Waals surface area contributed by atoms with E-state index in [2.05, 4.69) is 0 Å². The molecule has 1 heterocycles. The second-order valence-corrected chi connectivity index (χ2v) is 3.84. The third-order valence-corrected chi connectivity index (χ3v) is 2.53. The Labute approximate surface area is 94.9 Å². The zero-order chi connectivity index (χ0) is 11.5. The number of hydrogen-bond acceptors (Lipinski definition) is 2. The number of hydrogen-bond donors (Lipinski definition) is 0. The molecular weight excluding hydrogens is 200 g/mol. The molecule has 0 N–H and O–H groups in total. The molecule has 0 saturated carbocycles. The van der Waals surface area contributed by atoms with Crippen molar-refractivity contribution < 1.29 is 4.79 Å². The summed E-state index contributed by atoms with van der Waals surface area (Å²) in [7, 11) is 3.99. The maximum atomic E-state index is 10.8. The molecule has 0 atom stereocenters. The number of rotatable bonds is 3. The lowest BCUT2D eigenvalue weighted by Crippen LogP contribution is -2.09. The van der Waals surface area contributed by atoms with Gasteiger partial charge in [-0.1, -0.05) is 6.07 Å². The molecule has 0 spiro atoms. The van der Waals surface area contributed by atoms with Crippen LogP contribution in [0.5, 0.6) is 0 Å². The van der Waals surface area contributed by atoms with Gasteiger partial charge in [0.2, 0.25) is 0 Å². The van der Waals surface area contributed by atoms with E-state index >= 15 is 0 Å². The molecule has 16 heavy (non-hydrogen) atoms. The lowest BCUT2D eigenvalue weighted by molar-refractivity contribution is 0.111. The van der Waals surface area contributed by atoms with Crippen molar-refractivity contribution in [3.05, 3.63) is 48.3 Å². The maximum Gasteiger partial charge on any atom is 0.166 e. The average molecular weight is 214 g/mol. The highest BCUT2D eigenvalue weighted by atomic mass is 16.1. The van der Waals surface area contributed by atoms with E-state index in [4.69, 9.17) is 0 Å². The van der Waals surface area contributed by atoms with Crippen molar-refractivity contribution in [3.63, 3.8) is 0 Å². The standard InChI is InChI=1S/C13H14N2O/c1-14(2)11-5-3-6-12(9-11)15-8-4-7-13(15)10-16/h3-10H,1-2H3. The van der Waals surface area contributed by atoms with E-state index in [1.54, 1.807) is 6.07 Å². The summed E-state index contributed by atoms with van der Waals surface area (Å²) in [6.07, 6.45) is 2.75. The predicted molar refractivity (Wildman–Crippen MR) is 65.5 cm³/mol. The average Bonchev–Trinajstić information content (AvgIpc) is 2.77. The lowest BCUT2D eigenvalue weighted by atomic mass is 10.2. The monoisotopic (exact) mass is 214 g/mol. The van der Waals surface area contributed by atoms with E-state index in [0.717, 1.165) is 17.7 Å². The van der Waals surface area contributed by atoms with Gasteiger partial charge in [-0.05, 0) is 30.3 Å². The molecule has 3 nitrogen and oxygen atoms in total. The first kappa shape index (κ1) is 10.5. The van der Waals surface area contributed by atoms with Crippen LogP contribution in [0.25, 0.3) is 5.69 Å². The highest BCUT2D eigenvalue weighted by molar-refractivity contribution is 5.74. The van der Waals surface area contributed by atoms with Gasteiger partial charge in [-0.15, -0.1) is 0 Å². The van der Waals surface area contributed by atoms with Crippen molar-refractivity contribution in [2.75, 3.05) is 19.0 Å². The van der Waals surface area contributed by atoms with E-state index in [-0.39, 0.29) is 0 Å². The Hall–Kier alpha value is -2.03. The Morgan fingerprint density at radius 2 is 2.00 bits per heavy atom. The van der Waals surface area contributed by atoms with Gasteiger partial charge < -0.3 is 9.47 Å². The SMILES string of the molecule is CN(C)c1cccc(-n2cccc2C=O)c1. The Bertz CT molecular complexity index is 500. The third-order valence-electron chi connectivity index (χ3n) is 2.53. The van der Waals surface area contributed by atoms with Crippen LogP contribution in [0.4, 0.5) is 5.69 Å². The molecule has 0 saturated heterocycles. The highest BCUT2D eigenvalue weighted by Gasteiger charge is 2.03. The van der Waals surface area contributed by atoms with Crippen molar-refractivity contribution >= 4 is 12.0 Å². The Balaban J connectivity index is 2.48. The molecule has 1 aromatic carbocycles. The van der Waals surface area contributed by atoms with E-state index < -0.39 is 0 Å². The van der Waals surface area contributed by atoms with Gasteiger partial charge in [0.05, 0.1) is 5.69 Å². The van der Waals surface area contributed by atoms with Crippen molar-refractivity contribution in [2.45, 2.75) is 0 Å². The summed E-state index contributed by atoms with van der Waals surface area (Å²) in [6.45, 7) is 0. The fourth-order valence-electron chi connectivity index (χ4n) is 1.65. The molecule has 3 heteroatoms. The summed E-state index contributed by atoms with van der Waals surface area (Å²) < 4.78 is 1.88. The van der Waals surface area contributed by atoms with Crippen LogP contribution in [-0.2, 0) is 0 Å². The van der Waals surface area contributed by atoms with Crippen LogP contribution in [-0.4, -0.2) is 24.9 Å². The normalized spacial score (nSPS) is 10.1. The highest BCUT2D eigenvalue weighted by Crippen LogP contribution is 2.18. The zero-order valence-electron chi connectivity index (χ0n) is 9.42. The molecule has 2 rings (SSSR count). The quantitative estimate of drug-likeness (QED) is 0.733. The smallest absolute Gasteiger partial charge is 0.166 e. The molecule has 0 bridgehead atoms.